The van der Waals surface area contributed by atoms with Crippen LogP contribution < -0.4 is 5.32 Å². The lowest BCUT2D eigenvalue weighted by atomic mass is 10.0. The monoisotopic (exact) mass is 325 g/mol. The van der Waals surface area contributed by atoms with Crippen LogP contribution in [0.15, 0.2) is 48.5 Å². The summed E-state index contributed by atoms with van der Waals surface area (Å²) in [5.41, 5.74) is 3.19. The van der Waals surface area contributed by atoms with Crippen LogP contribution in [0.1, 0.15) is 18.4 Å². The van der Waals surface area contributed by atoms with Crippen LogP contribution in [-0.2, 0) is 6.42 Å². The van der Waals surface area contributed by atoms with Crippen LogP contribution in [0.3, 0.4) is 0 Å². The first kappa shape index (κ1) is 14.9. The van der Waals surface area contributed by atoms with Gasteiger partial charge in [0.15, 0.2) is 5.82 Å². The minimum atomic E-state index is -0.619. The lowest BCUT2D eigenvalue weighted by Crippen LogP contribution is -2.08. The summed E-state index contributed by atoms with van der Waals surface area (Å²) in [5, 5.41) is 8.02. The molecule has 1 aromatic heterocycles. The largest absolute Gasteiger partial charge is 0.370 e. The van der Waals surface area contributed by atoms with E-state index in [1.807, 2.05) is 30.3 Å². The summed E-state index contributed by atoms with van der Waals surface area (Å²) in [5.74, 6) is -0.409. The van der Waals surface area contributed by atoms with E-state index in [1.165, 1.54) is 12.1 Å². The SMILES string of the molecule is Fc1ccc(-n2nc(-c3ccccc3)c3c2NCCCC3)c(F)c1. The molecule has 2 aromatic carbocycles. The third-order valence-electron chi connectivity index (χ3n) is 4.31. The van der Waals surface area contributed by atoms with Gasteiger partial charge >= 0.3 is 0 Å². The van der Waals surface area contributed by atoms with Crippen molar-refractivity contribution < 1.29 is 8.78 Å². The summed E-state index contributed by atoms with van der Waals surface area (Å²) in [6, 6.07) is 13.5. The maximum absolute atomic E-state index is 14.3. The fourth-order valence-electron chi connectivity index (χ4n) is 3.16. The Morgan fingerprint density at radius 1 is 1.00 bits per heavy atom. The number of anilines is 1. The van der Waals surface area contributed by atoms with Gasteiger partial charge in [0.25, 0.3) is 0 Å². The van der Waals surface area contributed by atoms with E-state index in [2.05, 4.69) is 10.4 Å². The average molecular weight is 325 g/mol. The van der Waals surface area contributed by atoms with Crippen LogP contribution >= 0.6 is 0 Å². The summed E-state index contributed by atoms with van der Waals surface area (Å²) in [7, 11) is 0. The third-order valence-corrected chi connectivity index (χ3v) is 4.31. The Kier molecular flexibility index (Phi) is 3.76. The second-order valence-corrected chi connectivity index (χ2v) is 5.93. The van der Waals surface area contributed by atoms with Crippen molar-refractivity contribution in [1.29, 1.82) is 0 Å². The fourth-order valence-corrected chi connectivity index (χ4v) is 3.16. The Morgan fingerprint density at radius 3 is 2.62 bits per heavy atom. The molecular weight excluding hydrogens is 308 g/mol. The van der Waals surface area contributed by atoms with Gasteiger partial charge in [0.2, 0.25) is 0 Å². The summed E-state index contributed by atoms with van der Waals surface area (Å²) in [6.45, 7) is 0.815. The fraction of sp³-hybridized carbons (Fsp3) is 0.211. The molecule has 0 fully saturated rings. The number of rotatable bonds is 2. The van der Waals surface area contributed by atoms with Crippen molar-refractivity contribution in [3.8, 4) is 16.9 Å². The Bertz CT molecular complexity index is 872. The van der Waals surface area contributed by atoms with Crippen LogP contribution in [0.25, 0.3) is 16.9 Å². The van der Waals surface area contributed by atoms with Gasteiger partial charge in [0.05, 0.1) is 5.69 Å². The van der Waals surface area contributed by atoms with E-state index in [-0.39, 0.29) is 5.69 Å². The van der Waals surface area contributed by atoms with Gasteiger partial charge in [-0.05, 0) is 31.4 Å². The first-order valence-electron chi connectivity index (χ1n) is 8.10. The number of fused-ring (bicyclic) bond motifs is 1. The molecule has 122 valence electrons. The van der Waals surface area contributed by atoms with Gasteiger partial charge in [-0.25, -0.2) is 13.5 Å². The van der Waals surface area contributed by atoms with Crippen LogP contribution in [0.2, 0.25) is 0 Å². The van der Waals surface area contributed by atoms with Crippen LogP contribution in [0, 0.1) is 11.6 Å². The maximum atomic E-state index is 14.3. The topological polar surface area (TPSA) is 29.9 Å². The number of hydrogen-bond donors (Lipinski definition) is 1. The molecule has 5 heteroatoms. The Hall–Kier alpha value is -2.69. The standard InChI is InChI=1S/C19H17F2N3/c20-14-9-10-17(16(21)12-14)24-19-15(8-4-5-11-22-19)18(23-24)13-6-2-1-3-7-13/h1-3,6-7,9-10,12,22H,4-5,8,11H2. The van der Waals surface area contributed by atoms with Crippen molar-refractivity contribution in [2.24, 2.45) is 0 Å². The van der Waals surface area contributed by atoms with E-state index in [1.54, 1.807) is 4.68 Å². The van der Waals surface area contributed by atoms with Crippen LogP contribution in [-0.4, -0.2) is 16.3 Å². The molecule has 0 aliphatic carbocycles. The molecule has 0 radical (unpaired) electrons. The maximum Gasteiger partial charge on any atom is 0.151 e. The number of halogens is 2. The van der Waals surface area contributed by atoms with Gasteiger partial charge in [-0.15, -0.1) is 0 Å². The zero-order valence-corrected chi connectivity index (χ0v) is 13.1. The quantitative estimate of drug-likeness (QED) is 0.748. The van der Waals surface area contributed by atoms with Crippen LogP contribution in [0.5, 0.6) is 0 Å². The number of nitrogens with one attached hydrogen (secondary N) is 1. The molecule has 1 N–H and O–H groups in total. The second kappa shape index (κ2) is 6.07. The molecule has 3 aromatic rings. The predicted molar refractivity (Wildman–Crippen MR) is 90.3 cm³/mol. The lowest BCUT2D eigenvalue weighted by Gasteiger charge is -2.10. The molecule has 4 rings (SSSR count). The molecule has 1 aliphatic rings. The molecular formula is C19H17F2N3. The third kappa shape index (κ3) is 2.56. The molecule has 0 bridgehead atoms. The molecule has 2 heterocycles. The van der Waals surface area contributed by atoms with Crippen molar-refractivity contribution in [2.75, 3.05) is 11.9 Å². The Balaban J connectivity index is 1.93. The van der Waals surface area contributed by atoms with Crippen LogP contribution in [0.4, 0.5) is 14.6 Å². The van der Waals surface area contributed by atoms with Gasteiger partial charge < -0.3 is 5.32 Å². The van der Waals surface area contributed by atoms with E-state index in [0.717, 1.165) is 54.5 Å². The average Bonchev–Trinajstić information content (AvgIpc) is 2.78. The highest BCUT2D eigenvalue weighted by atomic mass is 19.1. The summed E-state index contributed by atoms with van der Waals surface area (Å²) in [4.78, 5) is 0. The van der Waals surface area contributed by atoms with Gasteiger partial charge in [-0.1, -0.05) is 30.3 Å². The summed E-state index contributed by atoms with van der Waals surface area (Å²) in [6.07, 6.45) is 2.99. The van der Waals surface area contributed by atoms with E-state index in [0.29, 0.717) is 0 Å². The van der Waals surface area contributed by atoms with E-state index in [9.17, 15) is 8.78 Å². The summed E-state index contributed by atoms with van der Waals surface area (Å²) >= 11 is 0. The number of benzene rings is 2. The predicted octanol–water partition coefficient (Wildman–Crippen LogP) is 4.57. The van der Waals surface area contributed by atoms with Crippen molar-refractivity contribution in [1.82, 2.24) is 9.78 Å². The van der Waals surface area contributed by atoms with Crippen molar-refractivity contribution in [2.45, 2.75) is 19.3 Å². The molecule has 0 atom stereocenters. The molecule has 1 aliphatic heterocycles. The normalized spacial score (nSPS) is 13.9. The van der Waals surface area contributed by atoms with Gasteiger partial charge in [0.1, 0.15) is 17.3 Å². The molecule has 0 spiro atoms. The number of aromatic nitrogens is 2. The highest BCUT2D eigenvalue weighted by Crippen LogP contribution is 2.34. The minimum absolute atomic E-state index is 0.254. The van der Waals surface area contributed by atoms with Crippen molar-refractivity contribution in [3.63, 3.8) is 0 Å². The highest BCUT2D eigenvalue weighted by Gasteiger charge is 2.22. The van der Waals surface area contributed by atoms with Crippen molar-refractivity contribution >= 4 is 5.82 Å². The minimum Gasteiger partial charge on any atom is -0.370 e. The zero-order valence-electron chi connectivity index (χ0n) is 13.1. The van der Waals surface area contributed by atoms with E-state index < -0.39 is 11.6 Å². The first-order chi connectivity index (χ1) is 11.7. The number of nitrogens with zero attached hydrogens (tertiary/aromatic N) is 2. The van der Waals surface area contributed by atoms with E-state index >= 15 is 0 Å². The molecule has 0 unspecified atom stereocenters. The van der Waals surface area contributed by atoms with E-state index in [4.69, 9.17) is 0 Å². The molecule has 3 nitrogen and oxygen atoms in total. The Morgan fingerprint density at radius 2 is 1.83 bits per heavy atom. The van der Waals surface area contributed by atoms with Gasteiger partial charge in [-0.2, -0.15) is 5.10 Å². The highest BCUT2D eigenvalue weighted by molar-refractivity contribution is 5.71. The lowest BCUT2D eigenvalue weighted by molar-refractivity contribution is 0.574. The second-order valence-electron chi connectivity index (χ2n) is 5.93. The first-order valence-corrected chi connectivity index (χ1v) is 8.10. The van der Waals surface area contributed by atoms with Crippen molar-refractivity contribution in [3.05, 3.63) is 65.7 Å². The smallest absolute Gasteiger partial charge is 0.151 e. The van der Waals surface area contributed by atoms with Gasteiger partial charge in [0, 0.05) is 23.7 Å². The molecule has 24 heavy (non-hydrogen) atoms. The molecule has 0 saturated carbocycles. The number of hydrogen-bond acceptors (Lipinski definition) is 2. The molecule has 0 amide bonds. The van der Waals surface area contributed by atoms with Gasteiger partial charge in [-0.3, -0.25) is 0 Å². The summed E-state index contributed by atoms with van der Waals surface area (Å²) < 4.78 is 29.1. The molecule has 0 saturated heterocycles. The zero-order chi connectivity index (χ0) is 16.5. The Labute approximate surface area is 138 Å².